The van der Waals surface area contributed by atoms with Crippen LogP contribution in [-0.2, 0) is 9.53 Å². The van der Waals surface area contributed by atoms with Crippen LogP contribution in [0.15, 0.2) is 23.5 Å². The van der Waals surface area contributed by atoms with Crippen molar-refractivity contribution >= 4 is 5.78 Å². The molecule has 29 heavy (non-hydrogen) atoms. The summed E-state index contributed by atoms with van der Waals surface area (Å²) in [4.78, 5) is 12.0. The number of ketones is 1. The van der Waals surface area contributed by atoms with Gasteiger partial charge < -0.3 is 4.74 Å². The standard InChI is InChI=1S/C27H40O2/c1-17(2)5-10-25-18(3)22-8-9-24-21-7-6-19-15-20(28)11-13-26(19,4)23(21)12-14-27(22,24)16-29-25/h11,13,17,19,21-24H,5-10,12,14-16H2,1-4H3/t19?,21?,22-,23?,24?,26+,27+/m1/s1. The maximum Gasteiger partial charge on any atom is 0.155 e. The molecule has 0 aromatic carbocycles. The lowest BCUT2D eigenvalue weighted by Gasteiger charge is -2.60. The molecule has 0 bridgehead atoms. The minimum Gasteiger partial charge on any atom is -0.497 e. The van der Waals surface area contributed by atoms with Gasteiger partial charge in [-0.15, -0.1) is 0 Å². The van der Waals surface area contributed by atoms with Crippen LogP contribution >= 0.6 is 0 Å². The summed E-state index contributed by atoms with van der Waals surface area (Å²) < 4.78 is 6.56. The van der Waals surface area contributed by atoms with Crippen molar-refractivity contribution in [3.05, 3.63) is 23.5 Å². The Hall–Kier alpha value is -1.05. The van der Waals surface area contributed by atoms with Crippen molar-refractivity contribution in [1.82, 2.24) is 0 Å². The molecule has 3 saturated carbocycles. The lowest BCUT2D eigenvalue weighted by atomic mass is 9.45. The lowest BCUT2D eigenvalue weighted by Crippen LogP contribution is -2.55. The molecule has 4 unspecified atom stereocenters. The molecule has 0 aromatic heterocycles. The number of carbonyl (C=O) groups is 1. The van der Waals surface area contributed by atoms with Crippen LogP contribution in [0, 0.1) is 46.3 Å². The van der Waals surface area contributed by atoms with Crippen LogP contribution in [0.5, 0.6) is 0 Å². The molecule has 2 heteroatoms. The molecule has 0 aromatic rings. The quantitative estimate of drug-likeness (QED) is 0.530. The summed E-state index contributed by atoms with van der Waals surface area (Å²) in [7, 11) is 0. The van der Waals surface area contributed by atoms with Crippen LogP contribution in [0.25, 0.3) is 0 Å². The van der Waals surface area contributed by atoms with Crippen LogP contribution in [0.4, 0.5) is 0 Å². The first-order chi connectivity index (χ1) is 13.8. The van der Waals surface area contributed by atoms with Gasteiger partial charge in [0.1, 0.15) is 0 Å². The predicted octanol–water partition coefficient (Wildman–Crippen LogP) is 6.71. The van der Waals surface area contributed by atoms with Gasteiger partial charge in [-0.2, -0.15) is 0 Å². The van der Waals surface area contributed by atoms with Crippen LogP contribution in [-0.4, -0.2) is 12.4 Å². The molecule has 5 rings (SSSR count). The van der Waals surface area contributed by atoms with E-state index in [-0.39, 0.29) is 5.41 Å². The molecule has 5 aliphatic rings. The fourth-order valence-electron chi connectivity index (χ4n) is 8.59. The first-order valence-electron chi connectivity index (χ1n) is 12.4. The summed E-state index contributed by atoms with van der Waals surface area (Å²) in [6, 6.07) is 0. The van der Waals surface area contributed by atoms with Gasteiger partial charge in [0, 0.05) is 18.3 Å². The first kappa shape index (κ1) is 19.9. The van der Waals surface area contributed by atoms with Gasteiger partial charge >= 0.3 is 0 Å². The highest BCUT2D eigenvalue weighted by molar-refractivity contribution is 5.91. The van der Waals surface area contributed by atoms with Crippen molar-refractivity contribution in [3.63, 3.8) is 0 Å². The van der Waals surface area contributed by atoms with Crippen LogP contribution in [0.1, 0.15) is 85.5 Å². The Balaban J connectivity index is 1.41. The Morgan fingerprint density at radius 2 is 1.97 bits per heavy atom. The Morgan fingerprint density at radius 3 is 2.76 bits per heavy atom. The third-order valence-corrected chi connectivity index (χ3v) is 10.2. The average Bonchev–Trinajstić information content (AvgIpc) is 3.08. The smallest absolute Gasteiger partial charge is 0.155 e. The van der Waals surface area contributed by atoms with Gasteiger partial charge in [0.05, 0.1) is 12.4 Å². The summed E-state index contributed by atoms with van der Waals surface area (Å²) in [6.07, 6.45) is 15.4. The third-order valence-electron chi connectivity index (χ3n) is 10.2. The summed E-state index contributed by atoms with van der Waals surface area (Å²) in [6.45, 7) is 10.5. The molecule has 1 aliphatic heterocycles. The molecule has 1 heterocycles. The van der Waals surface area contributed by atoms with E-state index in [0.717, 1.165) is 49.0 Å². The highest BCUT2D eigenvalue weighted by Crippen LogP contribution is 2.68. The monoisotopic (exact) mass is 396 g/mol. The van der Waals surface area contributed by atoms with Crippen molar-refractivity contribution in [2.45, 2.75) is 85.5 Å². The molecule has 2 nitrogen and oxygen atoms in total. The van der Waals surface area contributed by atoms with E-state index in [9.17, 15) is 4.79 Å². The Morgan fingerprint density at radius 1 is 1.14 bits per heavy atom. The molecule has 0 saturated heterocycles. The Labute approximate surface area is 177 Å². The molecular formula is C27H40O2. The highest BCUT2D eigenvalue weighted by atomic mass is 16.5. The molecule has 0 amide bonds. The van der Waals surface area contributed by atoms with Gasteiger partial charge in [-0.3, -0.25) is 4.79 Å². The normalized spacial score (nSPS) is 46.1. The number of ether oxygens (including phenoxy) is 1. The molecule has 0 radical (unpaired) electrons. The summed E-state index contributed by atoms with van der Waals surface area (Å²) in [5, 5.41) is 0. The Bertz CT molecular complexity index is 746. The molecule has 7 atom stereocenters. The minimum absolute atomic E-state index is 0.249. The van der Waals surface area contributed by atoms with Gasteiger partial charge in [0.25, 0.3) is 0 Å². The average molecular weight is 397 g/mol. The predicted molar refractivity (Wildman–Crippen MR) is 117 cm³/mol. The minimum atomic E-state index is 0.249. The molecule has 0 N–H and O–H groups in total. The SMILES string of the molecule is CC1=C(CCC(C)C)OC[C@]23CCC4C(CCC5CC(=O)C=C[C@@]54C)C2CC[C@H]13. The second-order valence-electron chi connectivity index (χ2n) is 11.8. The number of carbonyl (C=O) groups excluding carboxylic acids is 1. The number of allylic oxidation sites excluding steroid dienone is 4. The molecule has 160 valence electrons. The molecular weight excluding hydrogens is 356 g/mol. The summed E-state index contributed by atoms with van der Waals surface area (Å²) >= 11 is 0. The van der Waals surface area contributed by atoms with E-state index in [1.54, 1.807) is 5.57 Å². The lowest BCUT2D eigenvalue weighted by molar-refractivity contribution is -0.127. The maximum atomic E-state index is 12.0. The number of hydrogen-bond acceptors (Lipinski definition) is 2. The van der Waals surface area contributed by atoms with Crippen molar-refractivity contribution in [2.24, 2.45) is 46.3 Å². The number of fused-ring (bicyclic) bond motifs is 4. The summed E-state index contributed by atoms with van der Waals surface area (Å²) in [5.74, 6) is 6.21. The molecule has 3 fully saturated rings. The van der Waals surface area contributed by atoms with E-state index < -0.39 is 0 Å². The van der Waals surface area contributed by atoms with Gasteiger partial charge in [-0.25, -0.2) is 0 Å². The maximum absolute atomic E-state index is 12.0. The van der Waals surface area contributed by atoms with Crippen LogP contribution < -0.4 is 0 Å². The fourth-order valence-corrected chi connectivity index (χ4v) is 8.59. The van der Waals surface area contributed by atoms with Gasteiger partial charge in [-0.1, -0.05) is 26.8 Å². The summed E-state index contributed by atoms with van der Waals surface area (Å²) in [5.41, 5.74) is 2.25. The van der Waals surface area contributed by atoms with Crippen LogP contribution in [0.3, 0.4) is 0 Å². The second-order valence-corrected chi connectivity index (χ2v) is 11.8. The zero-order valence-electron chi connectivity index (χ0n) is 19.0. The van der Waals surface area contributed by atoms with Crippen molar-refractivity contribution < 1.29 is 9.53 Å². The van der Waals surface area contributed by atoms with Crippen molar-refractivity contribution in [2.75, 3.05) is 6.61 Å². The van der Waals surface area contributed by atoms with Gasteiger partial charge in [-0.05, 0) is 104 Å². The highest BCUT2D eigenvalue weighted by Gasteiger charge is 2.62. The topological polar surface area (TPSA) is 26.3 Å². The van der Waals surface area contributed by atoms with E-state index in [1.165, 1.54) is 50.7 Å². The number of hydrogen-bond donors (Lipinski definition) is 0. The van der Waals surface area contributed by atoms with E-state index in [2.05, 4.69) is 33.8 Å². The van der Waals surface area contributed by atoms with E-state index >= 15 is 0 Å². The Kier molecular flexibility index (Phi) is 4.79. The van der Waals surface area contributed by atoms with E-state index in [4.69, 9.17) is 4.74 Å². The van der Waals surface area contributed by atoms with Crippen molar-refractivity contribution in [1.29, 1.82) is 0 Å². The largest absolute Gasteiger partial charge is 0.497 e. The number of rotatable bonds is 3. The third kappa shape index (κ3) is 2.91. The first-order valence-corrected chi connectivity index (χ1v) is 12.4. The van der Waals surface area contributed by atoms with E-state index in [0.29, 0.717) is 17.1 Å². The molecule has 4 aliphatic carbocycles. The molecule has 1 spiro atoms. The van der Waals surface area contributed by atoms with Crippen molar-refractivity contribution in [3.8, 4) is 0 Å². The fraction of sp³-hybridized carbons (Fsp3) is 0.815. The zero-order chi connectivity index (χ0) is 20.4. The second kappa shape index (κ2) is 6.99. The van der Waals surface area contributed by atoms with Gasteiger partial charge in [0.2, 0.25) is 0 Å². The zero-order valence-corrected chi connectivity index (χ0v) is 19.0. The van der Waals surface area contributed by atoms with Crippen LogP contribution in [0.2, 0.25) is 0 Å². The van der Waals surface area contributed by atoms with Gasteiger partial charge in [0.15, 0.2) is 5.78 Å². The van der Waals surface area contributed by atoms with E-state index in [1.807, 2.05) is 6.08 Å².